The van der Waals surface area contributed by atoms with Crippen molar-refractivity contribution < 1.29 is 19.1 Å². The Balaban J connectivity index is 2.08. The molecule has 0 spiro atoms. The number of benzene rings is 2. The maximum absolute atomic E-state index is 12.3. The smallest absolute Gasteiger partial charge is 0.312 e. The second-order valence-electron chi connectivity index (χ2n) is 9.29. The van der Waals surface area contributed by atoms with Crippen LogP contribution in [0.4, 0.5) is 0 Å². The zero-order valence-corrected chi connectivity index (χ0v) is 19.7. The summed E-state index contributed by atoms with van der Waals surface area (Å²) in [7, 11) is -2.73. The Morgan fingerprint density at radius 1 is 1.07 bits per heavy atom. The van der Waals surface area contributed by atoms with Gasteiger partial charge in [-0.15, -0.1) is 0 Å². The van der Waals surface area contributed by atoms with E-state index in [1.807, 2.05) is 12.1 Å². The second kappa shape index (κ2) is 9.04. The van der Waals surface area contributed by atoms with Crippen LogP contribution >= 0.6 is 0 Å². The van der Waals surface area contributed by atoms with Gasteiger partial charge >= 0.3 is 5.97 Å². The molecule has 0 saturated carbocycles. The Kier molecular flexibility index (Phi) is 6.85. The topological polar surface area (TPSA) is 55.8 Å². The van der Waals surface area contributed by atoms with Crippen molar-refractivity contribution in [1.82, 2.24) is 0 Å². The molecular formula is C25H34O4Si. The van der Waals surface area contributed by atoms with Crippen LogP contribution in [0, 0.1) is 5.92 Å². The number of hydrogen-bond acceptors (Lipinski definition) is 4. The third kappa shape index (κ3) is 4.24. The van der Waals surface area contributed by atoms with Crippen LogP contribution in [-0.4, -0.2) is 37.7 Å². The van der Waals surface area contributed by atoms with Gasteiger partial charge in [0.1, 0.15) is 6.10 Å². The van der Waals surface area contributed by atoms with E-state index < -0.39 is 20.3 Å². The lowest BCUT2D eigenvalue weighted by Gasteiger charge is -2.45. The average molecular weight is 427 g/mol. The lowest BCUT2D eigenvalue weighted by molar-refractivity contribution is -0.149. The van der Waals surface area contributed by atoms with Gasteiger partial charge in [0.05, 0.1) is 18.1 Å². The average Bonchev–Trinajstić information content (AvgIpc) is 3.11. The highest BCUT2D eigenvalue weighted by atomic mass is 28.4. The highest BCUT2D eigenvalue weighted by Gasteiger charge is 2.53. The van der Waals surface area contributed by atoms with Crippen LogP contribution in [0.25, 0.3) is 0 Å². The molecule has 0 radical (unpaired) electrons. The minimum atomic E-state index is -2.73. The van der Waals surface area contributed by atoms with Gasteiger partial charge in [-0.3, -0.25) is 4.79 Å². The Hall–Kier alpha value is -1.95. The fourth-order valence-corrected chi connectivity index (χ4v) is 9.38. The van der Waals surface area contributed by atoms with E-state index in [0.717, 1.165) is 6.42 Å². The van der Waals surface area contributed by atoms with Crippen LogP contribution in [-0.2, 0) is 14.0 Å². The number of esters is 1. The third-order valence-electron chi connectivity index (χ3n) is 6.20. The zero-order chi connectivity index (χ0) is 21.9. The number of carbonyl (C=O) groups is 1. The van der Waals surface area contributed by atoms with Gasteiger partial charge in [-0.1, -0.05) is 88.4 Å². The summed E-state index contributed by atoms with van der Waals surface area (Å²) in [6.45, 7) is 10.5. The van der Waals surface area contributed by atoms with Crippen molar-refractivity contribution in [3.05, 3.63) is 60.7 Å². The van der Waals surface area contributed by atoms with Gasteiger partial charge in [-0.2, -0.15) is 0 Å². The quantitative estimate of drug-likeness (QED) is 0.542. The first kappa shape index (κ1) is 22.7. The number of aliphatic hydroxyl groups excluding tert-OH is 1. The van der Waals surface area contributed by atoms with Crippen molar-refractivity contribution in [1.29, 1.82) is 0 Å². The van der Waals surface area contributed by atoms with E-state index in [4.69, 9.17) is 9.16 Å². The molecule has 3 rings (SSSR count). The molecule has 2 aromatic rings. The fourth-order valence-electron chi connectivity index (χ4n) is 4.59. The van der Waals surface area contributed by atoms with Gasteiger partial charge in [0.15, 0.2) is 0 Å². The zero-order valence-electron chi connectivity index (χ0n) is 18.7. The molecule has 1 aliphatic rings. The molecule has 2 unspecified atom stereocenters. The van der Waals surface area contributed by atoms with Gasteiger partial charge in [-0.05, 0) is 28.8 Å². The van der Waals surface area contributed by atoms with Crippen LogP contribution in [0.1, 0.15) is 47.5 Å². The molecule has 30 heavy (non-hydrogen) atoms. The first-order chi connectivity index (χ1) is 14.2. The van der Waals surface area contributed by atoms with E-state index in [1.165, 1.54) is 10.4 Å². The molecular weight excluding hydrogens is 392 g/mol. The summed E-state index contributed by atoms with van der Waals surface area (Å²) in [6.07, 6.45) is -0.0667. The van der Waals surface area contributed by atoms with Crippen LogP contribution in [0.3, 0.4) is 0 Å². The van der Waals surface area contributed by atoms with Crippen molar-refractivity contribution in [2.24, 2.45) is 5.92 Å². The van der Waals surface area contributed by atoms with Gasteiger partial charge in [-0.25, -0.2) is 0 Å². The van der Waals surface area contributed by atoms with Crippen molar-refractivity contribution in [2.75, 3.05) is 0 Å². The predicted molar refractivity (Wildman–Crippen MR) is 122 cm³/mol. The monoisotopic (exact) mass is 426 g/mol. The van der Waals surface area contributed by atoms with Gasteiger partial charge in [0.2, 0.25) is 0 Å². The number of aliphatic hydroxyl groups is 1. The minimum absolute atomic E-state index is 0.143. The molecule has 1 heterocycles. The number of rotatable bonds is 7. The summed E-state index contributed by atoms with van der Waals surface area (Å²) in [5, 5.41) is 12.3. The van der Waals surface area contributed by atoms with Crippen LogP contribution in [0.15, 0.2) is 60.7 Å². The van der Waals surface area contributed by atoms with Crippen molar-refractivity contribution >= 4 is 24.7 Å². The lowest BCUT2D eigenvalue weighted by atomic mass is 9.97. The number of carbonyl (C=O) groups excluding carboxylic acids is 1. The molecule has 1 aliphatic heterocycles. The maximum Gasteiger partial charge on any atom is 0.312 e. The Morgan fingerprint density at radius 3 is 1.93 bits per heavy atom. The number of cyclic esters (lactones) is 1. The van der Waals surface area contributed by atoms with Crippen LogP contribution in [0.5, 0.6) is 0 Å². The van der Waals surface area contributed by atoms with E-state index >= 15 is 0 Å². The molecule has 0 aliphatic carbocycles. The SMILES string of the molecule is CCC(O[Si](c1ccccc1)(c1ccccc1)C(C)(C)C)[C@@H]1C[C@@H](C(C)O)C(=O)O1. The van der Waals surface area contributed by atoms with Crippen LogP contribution in [0.2, 0.25) is 5.04 Å². The molecule has 1 saturated heterocycles. The number of hydrogen-bond donors (Lipinski definition) is 1. The van der Waals surface area contributed by atoms with Crippen molar-refractivity contribution in [2.45, 2.75) is 70.8 Å². The van der Waals surface area contributed by atoms with E-state index in [2.05, 4.69) is 76.2 Å². The van der Waals surface area contributed by atoms with E-state index in [9.17, 15) is 9.90 Å². The van der Waals surface area contributed by atoms with E-state index in [1.54, 1.807) is 6.92 Å². The molecule has 1 N–H and O–H groups in total. The third-order valence-corrected chi connectivity index (χ3v) is 11.3. The second-order valence-corrected chi connectivity index (χ2v) is 13.5. The molecule has 1 fully saturated rings. The molecule has 0 aromatic heterocycles. The summed E-state index contributed by atoms with van der Waals surface area (Å²) in [4.78, 5) is 12.3. The highest BCUT2D eigenvalue weighted by molar-refractivity contribution is 6.99. The fraction of sp³-hybridized carbons (Fsp3) is 0.480. The normalized spacial score (nSPS) is 21.9. The standard InChI is InChI=1S/C25H34O4Si/c1-6-22(23-17-21(18(2)26)24(27)28-23)29-30(25(3,4)5,19-13-9-7-10-14-19)20-15-11-8-12-16-20/h7-16,18,21-23,26H,6,17H2,1-5H3/t18?,21-,22?,23-/m0/s1. The summed E-state index contributed by atoms with van der Waals surface area (Å²) in [6, 6.07) is 21.0. The maximum atomic E-state index is 12.3. The van der Waals surface area contributed by atoms with Gasteiger partial charge < -0.3 is 14.3 Å². The van der Waals surface area contributed by atoms with Gasteiger partial charge in [0.25, 0.3) is 8.32 Å². The molecule has 4 atom stereocenters. The number of ether oxygens (including phenoxy) is 1. The first-order valence-corrected chi connectivity index (χ1v) is 12.8. The highest BCUT2D eigenvalue weighted by Crippen LogP contribution is 2.39. The summed E-state index contributed by atoms with van der Waals surface area (Å²) in [5.41, 5.74) is 0. The van der Waals surface area contributed by atoms with E-state index in [0.29, 0.717) is 6.42 Å². The molecule has 0 amide bonds. The summed E-state index contributed by atoms with van der Waals surface area (Å²) >= 11 is 0. The van der Waals surface area contributed by atoms with Crippen molar-refractivity contribution in [3.63, 3.8) is 0 Å². The largest absolute Gasteiger partial charge is 0.459 e. The Bertz CT molecular complexity index is 790. The summed E-state index contributed by atoms with van der Waals surface area (Å²) in [5.74, 6) is -0.800. The molecule has 0 bridgehead atoms. The van der Waals surface area contributed by atoms with E-state index in [-0.39, 0.29) is 23.2 Å². The molecule has 4 nitrogen and oxygen atoms in total. The minimum Gasteiger partial charge on any atom is -0.459 e. The van der Waals surface area contributed by atoms with Crippen molar-refractivity contribution in [3.8, 4) is 0 Å². The predicted octanol–water partition coefficient (Wildman–Crippen LogP) is 3.65. The van der Waals surface area contributed by atoms with Gasteiger partial charge in [0, 0.05) is 6.42 Å². The Labute approximate surface area is 181 Å². The Morgan fingerprint density at radius 2 is 1.57 bits per heavy atom. The summed E-state index contributed by atoms with van der Waals surface area (Å²) < 4.78 is 12.9. The van der Waals surface area contributed by atoms with Crippen LogP contribution < -0.4 is 10.4 Å². The molecule has 2 aromatic carbocycles. The lowest BCUT2D eigenvalue weighted by Crippen LogP contribution is -2.68. The molecule has 162 valence electrons. The first-order valence-electron chi connectivity index (χ1n) is 10.9. The molecule has 5 heteroatoms.